The van der Waals surface area contributed by atoms with E-state index in [-0.39, 0.29) is 0 Å². The molecule has 0 aliphatic heterocycles. The summed E-state index contributed by atoms with van der Waals surface area (Å²) in [5.41, 5.74) is 0. The summed E-state index contributed by atoms with van der Waals surface area (Å²) in [6, 6.07) is -2.32. The molecule has 1 unspecified atom stereocenters. The highest BCUT2D eigenvalue weighted by Crippen LogP contribution is 2.62. The number of likely N-dealkylation sites (N-methyl/N-ethyl adjacent to an activating group) is 1. The van der Waals surface area contributed by atoms with Crippen LogP contribution in [0.25, 0.3) is 0 Å². The second kappa shape index (κ2) is 14.5. The van der Waals surface area contributed by atoms with Gasteiger partial charge in [0.25, 0.3) is 0 Å². The van der Waals surface area contributed by atoms with E-state index >= 15 is 0 Å². The monoisotopic (exact) mass is 868 g/mol. The Bertz CT molecular complexity index is 1330. The second-order valence-corrected chi connectivity index (χ2v) is 11.7. The van der Waals surface area contributed by atoms with Gasteiger partial charge >= 0.3 is 83.5 Å². The van der Waals surface area contributed by atoms with Gasteiger partial charge in [0.15, 0.2) is 6.04 Å². The molecule has 5 nitrogen and oxygen atoms in total. The third-order valence-electron chi connectivity index (χ3n) is 6.90. The zero-order valence-electron chi connectivity index (χ0n) is 26.0. The number of esters is 2. The van der Waals surface area contributed by atoms with Gasteiger partial charge in [0, 0.05) is 0 Å². The van der Waals surface area contributed by atoms with Gasteiger partial charge in [-0.05, 0) is 0 Å². The van der Waals surface area contributed by atoms with Crippen LogP contribution in [0.3, 0.4) is 0 Å². The van der Waals surface area contributed by atoms with Crippen LogP contribution in [0.1, 0.15) is 19.3 Å². The lowest BCUT2D eigenvalue weighted by atomic mass is 9.93. The Morgan fingerprint density at radius 2 is 0.685 bits per heavy atom. The quantitative estimate of drug-likeness (QED) is 0.0786. The summed E-state index contributed by atoms with van der Waals surface area (Å²) in [5.74, 6) is -82.3. The molecule has 31 heteroatoms. The van der Waals surface area contributed by atoms with Crippen molar-refractivity contribution >= 4 is 11.9 Å². The van der Waals surface area contributed by atoms with Crippen molar-refractivity contribution in [3.8, 4) is 0 Å². The van der Waals surface area contributed by atoms with E-state index in [2.05, 4.69) is 9.47 Å². The smallest absolute Gasteiger partial charge is 0.460 e. The van der Waals surface area contributed by atoms with E-state index in [1.807, 2.05) is 0 Å². The van der Waals surface area contributed by atoms with Gasteiger partial charge < -0.3 is 14.0 Å². The van der Waals surface area contributed by atoms with Gasteiger partial charge in [0.1, 0.15) is 6.42 Å². The number of quaternary nitrogens is 1. The van der Waals surface area contributed by atoms with Crippen molar-refractivity contribution in [2.75, 3.05) is 34.4 Å². The molecule has 0 aliphatic carbocycles. The van der Waals surface area contributed by atoms with Gasteiger partial charge in [-0.15, -0.1) is 0 Å². The lowest BCUT2D eigenvalue weighted by Gasteiger charge is -2.39. The summed E-state index contributed by atoms with van der Waals surface area (Å²) >= 11 is 0. The van der Waals surface area contributed by atoms with Crippen LogP contribution in [0.4, 0.5) is 114 Å². The van der Waals surface area contributed by atoms with Crippen molar-refractivity contribution in [1.82, 2.24) is 0 Å². The number of rotatable bonds is 18. The first-order valence-corrected chi connectivity index (χ1v) is 13.2. The van der Waals surface area contributed by atoms with Gasteiger partial charge in [-0.25, -0.2) is 4.79 Å². The molecule has 0 aliphatic rings. The van der Waals surface area contributed by atoms with Crippen LogP contribution >= 0.6 is 0 Å². The van der Waals surface area contributed by atoms with Gasteiger partial charge in [-0.1, -0.05) is 0 Å². The zero-order valence-corrected chi connectivity index (χ0v) is 26.0. The molecule has 0 saturated carbocycles. The summed E-state index contributed by atoms with van der Waals surface area (Å²) in [5, 5.41) is 0. The molecule has 0 aromatic carbocycles. The van der Waals surface area contributed by atoms with Crippen LogP contribution in [0.2, 0.25) is 0 Å². The van der Waals surface area contributed by atoms with Crippen molar-refractivity contribution < 1.29 is 138 Å². The molecule has 0 fully saturated rings. The molecule has 0 spiro atoms. The average molecular weight is 868 g/mol. The second-order valence-electron chi connectivity index (χ2n) is 11.7. The van der Waals surface area contributed by atoms with Crippen molar-refractivity contribution in [1.29, 1.82) is 0 Å². The van der Waals surface area contributed by atoms with E-state index in [1.54, 1.807) is 0 Å². The van der Waals surface area contributed by atoms with E-state index in [9.17, 15) is 124 Å². The minimum atomic E-state index is -8.26. The number of ether oxygens (including phenoxy) is 2. The third kappa shape index (κ3) is 8.57. The Kier molecular flexibility index (Phi) is 13.8. The first-order valence-electron chi connectivity index (χ1n) is 13.2. The number of carbonyl (C=O) groups is 2. The molecule has 0 rings (SSSR count). The lowest BCUT2D eigenvalue weighted by molar-refractivity contribution is -0.886. The lowest BCUT2D eigenvalue weighted by Crippen LogP contribution is -2.70. The molecule has 0 heterocycles. The Morgan fingerprint density at radius 3 is 0.944 bits per heavy atom. The molecular weight excluding hydrogens is 848 g/mol. The van der Waals surface area contributed by atoms with Crippen LogP contribution < -0.4 is 0 Å². The Hall–Kier alpha value is -2.92. The maximum Gasteiger partial charge on any atom is 0.460 e. The molecular formula is C23H20F26NO4+. The summed E-state index contributed by atoms with van der Waals surface area (Å²) in [6.07, 6.45) is -23.2. The van der Waals surface area contributed by atoms with Crippen LogP contribution in [0.15, 0.2) is 0 Å². The van der Waals surface area contributed by atoms with Crippen molar-refractivity contribution in [3.05, 3.63) is 0 Å². The van der Waals surface area contributed by atoms with Gasteiger partial charge in [-0.2, -0.15) is 114 Å². The minimum Gasteiger partial charge on any atom is -0.465 e. The van der Waals surface area contributed by atoms with E-state index < -0.39 is 127 Å². The highest BCUT2D eigenvalue weighted by molar-refractivity contribution is 5.81. The Labute approximate surface area is 282 Å². The van der Waals surface area contributed by atoms with E-state index in [0.29, 0.717) is 0 Å². The fraction of sp³-hybridized carbons (Fsp3) is 0.913. The number of nitrogens with zero attached hydrogens (tertiary/aromatic N) is 1. The molecule has 0 saturated heterocycles. The number of hydrogen-bond acceptors (Lipinski definition) is 4. The normalized spacial score (nSPS) is 16.3. The van der Waals surface area contributed by atoms with E-state index in [1.165, 1.54) is 0 Å². The maximum absolute atomic E-state index is 13.9. The Balaban J connectivity index is 5.90. The van der Waals surface area contributed by atoms with Crippen molar-refractivity contribution in [2.45, 2.75) is 96.9 Å². The molecule has 54 heavy (non-hydrogen) atoms. The molecule has 1 atom stereocenters. The summed E-state index contributed by atoms with van der Waals surface area (Å²) in [6.45, 7) is -4.69. The van der Waals surface area contributed by atoms with Gasteiger partial charge in [-0.3, -0.25) is 4.79 Å². The van der Waals surface area contributed by atoms with Gasteiger partial charge in [0.05, 0.1) is 47.2 Å². The van der Waals surface area contributed by atoms with Gasteiger partial charge in [0.2, 0.25) is 0 Å². The third-order valence-corrected chi connectivity index (χ3v) is 6.90. The molecule has 0 N–H and O–H groups in total. The summed E-state index contributed by atoms with van der Waals surface area (Å²) in [4.78, 5) is 24.3. The van der Waals surface area contributed by atoms with Crippen LogP contribution in [0.5, 0.6) is 0 Å². The average Bonchev–Trinajstić information content (AvgIpc) is 2.92. The van der Waals surface area contributed by atoms with Crippen LogP contribution in [-0.4, -0.2) is 128 Å². The molecule has 0 radical (unpaired) electrons. The summed E-state index contributed by atoms with van der Waals surface area (Å²) < 4.78 is 350. The molecule has 322 valence electrons. The predicted molar refractivity (Wildman–Crippen MR) is 119 cm³/mol. The predicted octanol–water partition coefficient (Wildman–Crippen LogP) is 8.80. The minimum absolute atomic E-state index is 0.819. The highest BCUT2D eigenvalue weighted by atomic mass is 19.4. The van der Waals surface area contributed by atoms with Crippen LogP contribution in [0, 0.1) is 0 Å². The fourth-order valence-electron chi connectivity index (χ4n) is 3.48. The standard InChI is InChI=1S/C23H20F26NO4/c1-50(2,3)9(11(52)54-7-5-13(26,27)15(30,31)17(34,35)19(38,39)21(42,43)23(47,48)49)8-10(51)53-6-4-12(24,25)14(28,29)16(32,33)18(36,37)20(40,41)22(44,45)46/h9H,4-8H2,1-3H3/q+1. The first kappa shape index (κ1) is 51.1. The topological polar surface area (TPSA) is 52.6 Å². The SMILES string of the molecule is C[N+](C)(C)C(CC(=O)OCCC(F)(F)C(F)(F)C(F)(F)C(F)(F)C(F)(F)C(F)(F)F)C(=O)OCCC(F)(F)C(F)(F)C(F)(F)C(F)(F)C(F)(F)C(F)(F)F. The highest BCUT2D eigenvalue weighted by Gasteiger charge is 2.92. The summed E-state index contributed by atoms with van der Waals surface area (Å²) in [7, 11) is 2.46. The van der Waals surface area contributed by atoms with E-state index in [4.69, 9.17) is 0 Å². The maximum atomic E-state index is 13.9. The van der Waals surface area contributed by atoms with Crippen molar-refractivity contribution in [3.63, 3.8) is 0 Å². The number of carbonyl (C=O) groups excluding carboxylic acids is 2. The van der Waals surface area contributed by atoms with Crippen molar-refractivity contribution in [2.24, 2.45) is 0 Å². The first-order chi connectivity index (χ1) is 23.1. The fourth-order valence-corrected chi connectivity index (χ4v) is 3.48. The number of hydrogen-bond donors (Lipinski definition) is 0. The van der Waals surface area contributed by atoms with Crippen LogP contribution in [-0.2, 0) is 19.1 Å². The molecule has 0 aromatic rings. The molecule has 0 aromatic heterocycles. The number of alkyl halides is 26. The molecule has 0 amide bonds. The Morgan fingerprint density at radius 1 is 0.426 bits per heavy atom. The molecule has 0 bridgehead atoms. The number of halogens is 26. The largest absolute Gasteiger partial charge is 0.465 e. The van der Waals surface area contributed by atoms with E-state index in [0.717, 1.165) is 21.1 Å². The zero-order chi connectivity index (χ0) is 44.2.